The number of benzene rings is 2. The lowest BCUT2D eigenvalue weighted by Gasteiger charge is -2.15. The molecular weight excluding hydrogens is 381 g/mol. The Kier molecular flexibility index (Phi) is 6.08. The number of nitrogens with zero attached hydrogens (tertiary/aromatic N) is 3. The molecule has 2 aromatic carbocycles. The summed E-state index contributed by atoms with van der Waals surface area (Å²) in [4.78, 5) is 0. The van der Waals surface area contributed by atoms with Crippen LogP contribution in [0.15, 0.2) is 41.6 Å². The summed E-state index contributed by atoms with van der Waals surface area (Å²) in [5.74, 6) is 1.56. The van der Waals surface area contributed by atoms with Crippen LogP contribution in [0.5, 0.6) is 17.2 Å². The van der Waals surface area contributed by atoms with Crippen LogP contribution in [0.4, 0.5) is 4.39 Å². The van der Waals surface area contributed by atoms with Crippen molar-refractivity contribution in [1.82, 2.24) is 14.8 Å². The molecule has 0 fully saturated rings. The summed E-state index contributed by atoms with van der Waals surface area (Å²) in [6.45, 7) is 4.09. The molecule has 8 heteroatoms. The van der Waals surface area contributed by atoms with Crippen LogP contribution < -0.4 is 14.2 Å². The van der Waals surface area contributed by atoms with Crippen molar-refractivity contribution in [1.29, 1.82) is 0 Å². The molecule has 3 aromatic rings. The van der Waals surface area contributed by atoms with Crippen LogP contribution in [-0.4, -0.2) is 41.3 Å². The largest absolute Gasteiger partial charge is 0.493 e. The Hall–Kier alpha value is -2.74. The Morgan fingerprint density at radius 1 is 0.964 bits per heavy atom. The smallest absolute Gasteiger partial charge is 0.203 e. The second-order valence-corrected chi connectivity index (χ2v) is 7.72. The fourth-order valence-corrected chi connectivity index (χ4v) is 3.60. The van der Waals surface area contributed by atoms with E-state index in [1.54, 1.807) is 56.2 Å². The van der Waals surface area contributed by atoms with Gasteiger partial charge in [0.1, 0.15) is 5.82 Å². The van der Waals surface area contributed by atoms with Gasteiger partial charge in [0.2, 0.25) is 5.75 Å². The first-order valence-corrected chi connectivity index (χ1v) is 9.55. The fraction of sp³-hybridized carbons (Fsp3) is 0.300. The van der Waals surface area contributed by atoms with Crippen LogP contribution in [0.1, 0.15) is 13.8 Å². The van der Waals surface area contributed by atoms with Gasteiger partial charge in [-0.2, -0.15) is 0 Å². The molecular formula is C20H22FN3O3S. The molecule has 28 heavy (non-hydrogen) atoms. The number of para-hydroxylation sites is 1. The fourth-order valence-electron chi connectivity index (χ4n) is 2.80. The van der Waals surface area contributed by atoms with Gasteiger partial charge in [-0.15, -0.1) is 10.2 Å². The molecule has 0 aliphatic heterocycles. The van der Waals surface area contributed by atoms with E-state index in [0.717, 1.165) is 0 Å². The summed E-state index contributed by atoms with van der Waals surface area (Å²) in [7, 11) is 4.63. The van der Waals surface area contributed by atoms with Crippen LogP contribution in [0.25, 0.3) is 17.1 Å². The minimum absolute atomic E-state index is 0.252. The average molecular weight is 403 g/mol. The number of ether oxygens (including phenoxy) is 3. The van der Waals surface area contributed by atoms with Crippen molar-refractivity contribution in [2.75, 3.05) is 21.3 Å². The Labute approximate surface area is 167 Å². The van der Waals surface area contributed by atoms with E-state index in [4.69, 9.17) is 14.2 Å². The van der Waals surface area contributed by atoms with Crippen LogP contribution in [0, 0.1) is 5.82 Å². The lowest BCUT2D eigenvalue weighted by molar-refractivity contribution is 0.324. The minimum Gasteiger partial charge on any atom is -0.493 e. The van der Waals surface area contributed by atoms with Gasteiger partial charge in [-0.3, -0.25) is 4.57 Å². The van der Waals surface area contributed by atoms with Gasteiger partial charge in [0.05, 0.1) is 27.0 Å². The summed E-state index contributed by atoms with van der Waals surface area (Å²) < 4.78 is 32.6. The monoisotopic (exact) mass is 403 g/mol. The molecule has 0 radical (unpaired) electrons. The molecule has 0 saturated heterocycles. The molecule has 0 bridgehead atoms. The molecule has 0 atom stereocenters. The molecule has 0 unspecified atom stereocenters. The van der Waals surface area contributed by atoms with Gasteiger partial charge in [0.15, 0.2) is 22.5 Å². The third kappa shape index (κ3) is 3.77. The maximum atomic E-state index is 14.6. The van der Waals surface area contributed by atoms with Gasteiger partial charge in [0, 0.05) is 10.8 Å². The predicted octanol–water partition coefficient (Wildman–Crippen LogP) is 4.60. The van der Waals surface area contributed by atoms with Crippen LogP contribution in [-0.2, 0) is 0 Å². The van der Waals surface area contributed by atoms with Gasteiger partial charge < -0.3 is 14.2 Å². The first kappa shape index (κ1) is 20.0. The van der Waals surface area contributed by atoms with Crippen LogP contribution in [0.2, 0.25) is 0 Å². The average Bonchev–Trinajstić information content (AvgIpc) is 3.09. The third-order valence-corrected chi connectivity index (χ3v) is 4.94. The van der Waals surface area contributed by atoms with E-state index in [9.17, 15) is 4.39 Å². The Morgan fingerprint density at radius 3 is 2.14 bits per heavy atom. The van der Waals surface area contributed by atoms with Crippen molar-refractivity contribution in [2.45, 2.75) is 24.3 Å². The normalized spacial score (nSPS) is 11.0. The zero-order valence-corrected chi connectivity index (χ0v) is 17.2. The summed E-state index contributed by atoms with van der Waals surface area (Å²) in [6.07, 6.45) is 0. The number of rotatable bonds is 7. The van der Waals surface area contributed by atoms with E-state index in [-0.39, 0.29) is 11.1 Å². The second-order valence-electron chi connectivity index (χ2n) is 6.17. The van der Waals surface area contributed by atoms with Crippen molar-refractivity contribution in [3.05, 3.63) is 42.2 Å². The molecule has 3 rings (SSSR count). The highest BCUT2D eigenvalue weighted by Crippen LogP contribution is 2.42. The summed E-state index contributed by atoms with van der Waals surface area (Å²) in [5, 5.41) is 9.49. The van der Waals surface area contributed by atoms with Gasteiger partial charge in [-0.1, -0.05) is 37.7 Å². The molecule has 148 valence electrons. The summed E-state index contributed by atoms with van der Waals surface area (Å²) >= 11 is 1.51. The zero-order chi connectivity index (χ0) is 20.3. The van der Waals surface area contributed by atoms with Crippen molar-refractivity contribution in [2.24, 2.45) is 0 Å². The Bertz CT molecular complexity index is 950. The first-order valence-electron chi connectivity index (χ1n) is 8.67. The molecule has 0 aliphatic carbocycles. The van der Waals surface area contributed by atoms with Gasteiger partial charge >= 0.3 is 0 Å². The van der Waals surface area contributed by atoms with Gasteiger partial charge in [0.25, 0.3) is 0 Å². The van der Waals surface area contributed by atoms with Crippen molar-refractivity contribution < 1.29 is 18.6 Å². The number of thioether (sulfide) groups is 1. The van der Waals surface area contributed by atoms with Crippen molar-refractivity contribution in [3.63, 3.8) is 0 Å². The van der Waals surface area contributed by atoms with Crippen LogP contribution in [0.3, 0.4) is 0 Å². The zero-order valence-electron chi connectivity index (χ0n) is 16.4. The Morgan fingerprint density at radius 2 is 1.61 bits per heavy atom. The molecule has 0 spiro atoms. The number of aromatic nitrogens is 3. The Balaban J connectivity index is 2.26. The van der Waals surface area contributed by atoms with Gasteiger partial charge in [-0.25, -0.2) is 4.39 Å². The van der Waals surface area contributed by atoms with E-state index in [1.807, 2.05) is 13.8 Å². The highest BCUT2D eigenvalue weighted by atomic mass is 32.2. The molecule has 0 amide bonds. The van der Waals surface area contributed by atoms with Gasteiger partial charge in [-0.05, 0) is 24.3 Å². The van der Waals surface area contributed by atoms with E-state index in [2.05, 4.69) is 10.2 Å². The summed E-state index contributed by atoms with van der Waals surface area (Å²) in [6, 6.07) is 10.1. The quantitative estimate of drug-likeness (QED) is 0.538. The predicted molar refractivity (Wildman–Crippen MR) is 107 cm³/mol. The maximum absolute atomic E-state index is 14.6. The lowest BCUT2D eigenvalue weighted by atomic mass is 10.1. The lowest BCUT2D eigenvalue weighted by Crippen LogP contribution is -2.04. The highest BCUT2D eigenvalue weighted by Gasteiger charge is 2.22. The minimum atomic E-state index is -0.360. The van der Waals surface area contributed by atoms with Crippen LogP contribution >= 0.6 is 11.8 Å². The number of halogens is 1. The topological polar surface area (TPSA) is 58.4 Å². The maximum Gasteiger partial charge on any atom is 0.203 e. The molecule has 6 nitrogen and oxygen atoms in total. The van der Waals surface area contributed by atoms with Crippen molar-refractivity contribution >= 4 is 11.8 Å². The SMILES string of the molecule is COc1cc(-c2nnc(SC(C)C)n2-c2ccccc2F)cc(OC)c1OC. The summed E-state index contributed by atoms with van der Waals surface area (Å²) in [5.41, 5.74) is 1.04. The molecule has 1 heterocycles. The molecule has 0 saturated carbocycles. The second kappa shape index (κ2) is 8.52. The third-order valence-electron chi connectivity index (χ3n) is 3.99. The van der Waals surface area contributed by atoms with E-state index >= 15 is 0 Å². The standard InChI is InChI=1S/C20H22FN3O3S/c1-12(2)28-20-23-22-19(24(20)15-9-7-6-8-14(15)21)13-10-16(25-3)18(27-5)17(11-13)26-4/h6-12H,1-5H3. The van der Waals surface area contributed by atoms with E-state index in [1.165, 1.54) is 17.8 Å². The number of methoxy groups -OCH3 is 3. The number of hydrogen-bond donors (Lipinski definition) is 0. The highest BCUT2D eigenvalue weighted by molar-refractivity contribution is 7.99. The first-order chi connectivity index (χ1) is 13.5. The number of hydrogen-bond acceptors (Lipinski definition) is 6. The van der Waals surface area contributed by atoms with E-state index < -0.39 is 0 Å². The molecule has 0 aliphatic rings. The molecule has 0 N–H and O–H groups in total. The molecule has 1 aromatic heterocycles. The van der Waals surface area contributed by atoms with Crippen molar-refractivity contribution in [3.8, 4) is 34.3 Å². The van der Waals surface area contributed by atoms with E-state index in [0.29, 0.717) is 39.5 Å².